The van der Waals surface area contributed by atoms with Crippen molar-refractivity contribution in [2.45, 2.75) is 12.2 Å². The number of epoxide rings is 1. The highest BCUT2D eigenvalue weighted by Crippen LogP contribution is 2.21. The van der Waals surface area contributed by atoms with Gasteiger partial charge in [-0.25, -0.2) is 8.42 Å². The van der Waals surface area contributed by atoms with Gasteiger partial charge in [0.05, 0.1) is 31.3 Å². The topological polar surface area (TPSA) is 88.6 Å². The van der Waals surface area contributed by atoms with Crippen LogP contribution in [0.1, 0.15) is 0 Å². The summed E-state index contributed by atoms with van der Waals surface area (Å²) in [5, 5.41) is 9.80. The highest BCUT2D eigenvalue weighted by molar-refractivity contribution is 7.91. The van der Waals surface area contributed by atoms with Crippen molar-refractivity contribution < 1.29 is 27.7 Å². The van der Waals surface area contributed by atoms with E-state index in [1.54, 1.807) is 0 Å². The molecule has 0 radical (unpaired) electrons. The summed E-state index contributed by atoms with van der Waals surface area (Å²) in [6.45, 7) is 2.67. The molecule has 1 aromatic carbocycles. The van der Waals surface area contributed by atoms with Crippen molar-refractivity contribution in [1.29, 1.82) is 0 Å². The molecule has 8 heteroatoms. The Bertz CT molecular complexity index is 614. The van der Waals surface area contributed by atoms with Crippen LogP contribution in [0.2, 0.25) is 0 Å². The van der Waals surface area contributed by atoms with Crippen molar-refractivity contribution in [1.82, 2.24) is 0 Å². The number of ether oxygens (including phenoxy) is 3. The number of benzene rings is 1. The van der Waals surface area contributed by atoms with Gasteiger partial charge in [0, 0.05) is 18.8 Å². The standard InChI is InChI=1S/C16H23NO6S/c18-14(9-21-11-16-12-23-16)10-22-15-3-1-13(2-4-15)17-5-7-24(19,20)8-6-17/h1-4,14,16,18H,5-12H2. The first kappa shape index (κ1) is 17.5. The lowest BCUT2D eigenvalue weighted by molar-refractivity contribution is 0.00761. The van der Waals surface area contributed by atoms with Crippen LogP contribution in [0.5, 0.6) is 5.75 Å². The van der Waals surface area contributed by atoms with Crippen LogP contribution in [0, 0.1) is 0 Å². The van der Waals surface area contributed by atoms with E-state index in [1.165, 1.54) is 0 Å². The Morgan fingerprint density at radius 3 is 2.50 bits per heavy atom. The van der Waals surface area contributed by atoms with Gasteiger partial charge in [-0.1, -0.05) is 0 Å². The molecule has 1 aromatic rings. The quantitative estimate of drug-likeness (QED) is 0.659. The third kappa shape index (κ3) is 5.34. The smallest absolute Gasteiger partial charge is 0.153 e. The van der Waals surface area contributed by atoms with Gasteiger partial charge in [-0.2, -0.15) is 0 Å². The lowest BCUT2D eigenvalue weighted by Gasteiger charge is -2.28. The van der Waals surface area contributed by atoms with Crippen LogP contribution in [-0.4, -0.2) is 76.8 Å². The van der Waals surface area contributed by atoms with Crippen molar-refractivity contribution in [3.05, 3.63) is 24.3 Å². The summed E-state index contributed by atoms with van der Waals surface area (Å²) in [7, 11) is -2.87. The molecule has 0 bridgehead atoms. The maximum atomic E-state index is 11.5. The minimum Gasteiger partial charge on any atom is -0.491 e. The van der Waals surface area contributed by atoms with Crippen molar-refractivity contribution in [3.63, 3.8) is 0 Å². The Morgan fingerprint density at radius 1 is 1.21 bits per heavy atom. The molecule has 2 unspecified atom stereocenters. The lowest BCUT2D eigenvalue weighted by Crippen LogP contribution is -2.40. The van der Waals surface area contributed by atoms with Crippen LogP contribution in [0.25, 0.3) is 0 Å². The number of sulfone groups is 1. The number of aliphatic hydroxyl groups excluding tert-OH is 1. The average Bonchev–Trinajstić information content (AvgIpc) is 3.38. The van der Waals surface area contributed by atoms with Gasteiger partial charge in [0.15, 0.2) is 9.84 Å². The molecular formula is C16H23NO6S. The largest absolute Gasteiger partial charge is 0.491 e. The van der Waals surface area contributed by atoms with Gasteiger partial charge in [0.25, 0.3) is 0 Å². The van der Waals surface area contributed by atoms with Crippen LogP contribution in [0.4, 0.5) is 5.69 Å². The summed E-state index contributed by atoms with van der Waals surface area (Å²) < 4.78 is 38.8. The molecule has 2 aliphatic heterocycles. The molecule has 0 aliphatic carbocycles. The first-order valence-corrected chi connectivity index (χ1v) is 9.90. The third-order valence-electron chi connectivity index (χ3n) is 4.01. The Balaban J connectivity index is 1.40. The second kappa shape index (κ2) is 7.69. The summed E-state index contributed by atoms with van der Waals surface area (Å²) >= 11 is 0. The predicted molar refractivity (Wildman–Crippen MR) is 89.4 cm³/mol. The first-order chi connectivity index (χ1) is 11.5. The van der Waals surface area contributed by atoms with E-state index in [2.05, 4.69) is 0 Å². The minimum absolute atomic E-state index is 0.160. The number of anilines is 1. The molecule has 3 rings (SSSR count). The Hall–Kier alpha value is -1.35. The molecule has 2 aliphatic rings. The first-order valence-electron chi connectivity index (χ1n) is 8.07. The molecule has 2 saturated heterocycles. The predicted octanol–water partition coefficient (Wildman–Crippen LogP) is 0.0765. The molecule has 1 N–H and O–H groups in total. The van der Waals surface area contributed by atoms with E-state index in [4.69, 9.17) is 14.2 Å². The zero-order chi connectivity index (χ0) is 17.0. The SMILES string of the molecule is O=S1(=O)CCN(c2ccc(OCC(O)COCC3CO3)cc2)CC1. The van der Waals surface area contributed by atoms with Gasteiger partial charge in [0.1, 0.15) is 24.6 Å². The molecule has 0 aromatic heterocycles. The van der Waals surface area contributed by atoms with E-state index in [9.17, 15) is 13.5 Å². The van der Waals surface area contributed by atoms with Gasteiger partial charge in [-0.15, -0.1) is 0 Å². The van der Waals surface area contributed by atoms with Gasteiger partial charge in [-0.05, 0) is 24.3 Å². The number of aliphatic hydroxyl groups is 1. The highest BCUT2D eigenvalue weighted by Gasteiger charge is 2.23. The number of hydrogen-bond acceptors (Lipinski definition) is 7. The number of rotatable bonds is 8. The number of hydrogen-bond donors (Lipinski definition) is 1. The van der Waals surface area contributed by atoms with Crippen molar-refractivity contribution in [2.75, 3.05) is 55.9 Å². The van der Waals surface area contributed by atoms with E-state index in [-0.39, 0.29) is 30.8 Å². The zero-order valence-electron chi connectivity index (χ0n) is 13.5. The zero-order valence-corrected chi connectivity index (χ0v) is 14.3. The average molecular weight is 357 g/mol. The van der Waals surface area contributed by atoms with Crippen molar-refractivity contribution >= 4 is 15.5 Å². The summed E-state index contributed by atoms with van der Waals surface area (Å²) in [5.74, 6) is 1.06. The molecular weight excluding hydrogens is 334 g/mol. The van der Waals surface area contributed by atoms with Gasteiger partial charge in [0.2, 0.25) is 0 Å². The van der Waals surface area contributed by atoms with Gasteiger partial charge in [-0.3, -0.25) is 0 Å². The minimum atomic E-state index is -2.87. The van der Waals surface area contributed by atoms with E-state index in [0.717, 1.165) is 12.3 Å². The van der Waals surface area contributed by atoms with Crippen LogP contribution in [0.3, 0.4) is 0 Å². The fraction of sp³-hybridized carbons (Fsp3) is 0.625. The molecule has 2 heterocycles. The molecule has 2 atom stereocenters. The summed E-state index contributed by atoms with van der Waals surface area (Å²) in [6.07, 6.45) is -0.494. The fourth-order valence-electron chi connectivity index (χ4n) is 2.46. The van der Waals surface area contributed by atoms with Gasteiger partial charge < -0.3 is 24.2 Å². The van der Waals surface area contributed by atoms with E-state index in [0.29, 0.717) is 25.4 Å². The molecule has 134 valence electrons. The van der Waals surface area contributed by atoms with E-state index < -0.39 is 15.9 Å². The second-order valence-corrected chi connectivity index (χ2v) is 8.39. The number of nitrogens with zero attached hydrogens (tertiary/aromatic N) is 1. The highest BCUT2D eigenvalue weighted by atomic mass is 32.2. The maximum absolute atomic E-state index is 11.5. The Morgan fingerprint density at radius 2 is 1.88 bits per heavy atom. The van der Waals surface area contributed by atoms with Crippen LogP contribution in [-0.2, 0) is 19.3 Å². The van der Waals surface area contributed by atoms with Crippen molar-refractivity contribution in [3.8, 4) is 5.75 Å². The Kier molecular flexibility index (Phi) is 5.60. The van der Waals surface area contributed by atoms with Crippen LogP contribution < -0.4 is 9.64 Å². The molecule has 0 amide bonds. The summed E-state index contributed by atoms with van der Waals surface area (Å²) in [5.41, 5.74) is 0.977. The summed E-state index contributed by atoms with van der Waals surface area (Å²) in [4.78, 5) is 2.05. The Labute approximate surface area is 142 Å². The summed E-state index contributed by atoms with van der Waals surface area (Å²) in [6, 6.07) is 7.45. The molecule has 0 saturated carbocycles. The lowest BCUT2D eigenvalue weighted by atomic mass is 10.2. The third-order valence-corrected chi connectivity index (χ3v) is 5.61. The molecule has 7 nitrogen and oxygen atoms in total. The monoisotopic (exact) mass is 357 g/mol. The maximum Gasteiger partial charge on any atom is 0.153 e. The van der Waals surface area contributed by atoms with Gasteiger partial charge >= 0.3 is 0 Å². The molecule has 2 fully saturated rings. The van der Waals surface area contributed by atoms with Crippen LogP contribution in [0.15, 0.2) is 24.3 Å². The van der Waals surface area contributed by atoms with Crippen LogP contribution >= 0.6 is 0 Å². The fourth-order valence-corrected chi connectivity index (χ4v) is 3.67. The second-order valence-electron chi connectivity index (χ2n) is 6.09. The van der Waals surface area contributed by atoms with E-state index >= 15 is 0 Å². The molecule has 0 spiro atoms. The van der Waals surface area contributed by atoms with Crippen molar-refractivity contribution in [2.24, 2.45) is 0 Å². The normalized spacial score (nSPS) is 23.7. The molecule has 24 heavy (non-hydrogen) atoms. The van der Waals surface area contributed by atoms with E-state index in [1.807, 2.05) is 29.2 Å².